The molecule has 3 rings (SSSR count). The molecular formula is C25H36N2O9. The highest BCUT2D eigenvalue weighted by atomic mass is 16.5. The topological polar surface area (TPSA) is 147 Å². The van der Waals surface area contributed by atoms with Crippen LogP contribution in [0.2, 0.25) is 0 Å². The number of rotatable bonds is 13. The van der Waals surface area contributed by atoms with Gasteiger partial charge in [0.25, 0.3) is 0 Å². The first-order chi connectivity index (χ1) is 17.4. The zero-order valence-corrected chi connectivity index (χ0v) is 20.9. The molecule has 200 valence electrons. The van der Waals surface area contributed by atoms with Crippen LogP contribution in [0.1, 0.15) is 30.4 Å². The Morgan fingerprint density at radius 2 is 2.00 bits per heavy atom. The first kappa shape index (κ1) is 27.9. The van der Waals surface area contributed by atoms with E-state index >= 15 is 0 Å². The molecule has 1 aromatic carbocycles. The number of aliphatic hydroxyl groups excluding tert-OH is 3. The number of hydrogen-bond donors (Lipinski definition) is 4. The lowest BCUT2D eigenvalue weighted by Crippen LogP contribution is -2.56. The van der Waals surface area contributed by atoms with Crippen molar-refractivity contribution in [2.24, 2.45) is 0 Å². The average Bonchev–Trinajstić information content (AvgIpc) is 3.27. The molecule has 0 unspecified atom stereocenters. The normalized spacial score (nSPS) is 22.2. The number of carbonyl (C=O) groups excluding carboxylic acids is 2. The number of ether oxygens (including phenoxy) is 4. The Morgan fingerprint density at radius 3 is 2.64 bits per heavy atom. The summed E-state index contributed by atoms with van der Waals surface area (Å²) in [6.45, 7) is 2.47. The minimum absolute atomic E-state index is 0.0369. The van der Waals surface area contributed by atoms with Crippen molar-refractivity contribution in [3.8, 4) is 11.5 Å². The molecule has 0 fully saturated rings. The van der Waals surface area contributed by atoms with Crippen molar-refractivity contribution in [2.45, 2.75) is 44.1 Å². The molecule has 1 aliphatic carbocycles. The number of hydrogen-bond acceptors (Lipinski definition) is 9. The maximum absolute atomic E-state index is 13.2. The number of carbonyl (C=O) groups is 2. The Labute approximate surface area is 210 Å². The molecule has 4 atom stereocenters. The third kappa shape index (κ3) is 5.81. The summed E-state index contributed by atoms with van der Waals surface area (Å²) < 4.78 is 22.1. The van der Waals surface area contributed by atoms with Crippen LogP contribution in [0, 0.1) is 0 Å². The minimum Gasteiger partial charge on any atom is -0.493 e. The standard InChI is InChI=1S/C25H36N2O9/c1-4-35-9-5-7-27(20(30)14-33-2)18-12-17(25(32)26-6-8-28)21-16-10-15(13-29)11-19(34-3)23(16)36-24(21)22(18)31/h10-12,18,21-22,24,28-29,31H,4-9,13-14H2,1-3H3,(H,26,32)/t18-,21+,22+,24+/m1/s1. The quantitative estimate of drug-likeness (QED) is 0.264. The van der Waals surface area contributed by atoms with Gasteiger partial charge in [0, 0.05) is 44.5 Å². The molecule has 0 aromatic heterocycles. The highest BCUT2D eigenvalue weighted by molar-refractivity contribution is 5.96. The largest absolute Gasteiger partial charge is 0.493 e. The van der Waals surface area contributed by atoms with Crippen molar-refractivity contribution >= 4 is 11.8 Å². The Morgan fingerprint density at radius 1 is 1.22 bits per heavy atom. The van der Waals surface area contributed by atoms with E-state index in [-0.39, 0.29) is 38.8 Å². The third-order valence-corrected chi connectivity index (χ3v) is 6.33. The number of methoxy groups -OCH3 is 2. The molecule has 1 aromatic rings. The second-order valence-electron chi connectivity index (χ2n) is 8.59. The smallest absolute Gasteiger partial charge is 0.249 e. The summed E-state index contributed by atoms with van der Waals surface area (Å²) in [5.74, 6) is -0.730. The number of fused-ring (bicyclic) bond motifs is 3. The second-order valence-corrected chi connectivity index (χ2v) is 8.59. The van der Waals surface area contributed by atoms with Crippen LogP contribution >= 0.6 is 0 Å². The van der Waals surface area contributed by atoms with Gasteiger partial charge in [0.05, 0.1) is 32.3 Å². The van der Waals surface area contributed by atoms with E-state index in [1.54, 1.807) is 18.2 Å². The van der Waals surface area contributed by atoms with Crippen LogP contribution in [0.25, 0.3) is 0 Å². The molecule has 11 nitrogen and oxygen atoms in total. The lowest BCUT2D eigenvalue weighted by Gasteiger charge is -2.40. The van der Waals surface area contributed by atoms with Gasteiger partial charge < -0.3 is 44.5 Å². The van der Waals surface area contributed by atoms with E-state index in [1.165, 1.54) is 19.1 Å². The van der Waals surface area contributed by atoms with Gasteiger partial charge in [-0.05, 0) is 37.1 Å². The molecule has 0 saturated carbocycles. The molecule has 36 heavy (non-hydrogen) atoms. The van der Waals surface area contributed by atoms with Gasteiger partial charge >= 0.3 is 0 Å². The molecular weight excluding hydrogens is 472 g/mol. The number of amides is 2. The van der Waals surface area contributed by atoms with Crippen LogP contribution in [0.3, 0.4) is 0 Å². The van der Waals surface area contributed by atoms with Gasteiger partial charge in [-0.25, -0.2) is 0 Å². The zero-order valence-electron chi connectivity index (χ0n) is 20.9. The predicted octanol–water partition coefficient (Wildman–Crippen LogP) is -0.288. The summed E-state index contributed by atoms with van der Waals surface area (Å²) in [6.07, 6.45) is 0.0444. The fourth-order valence-corrected chi connectivity index (χ4v) is 4.75. The third-order valence-electron chi connectivity index (χ3n) is 6.33. The first-order valence-electron chi connectivity index (χ1n) is 12.0. The van der Waals surface area contributed by atoms with Gasteiger partial charge in [-0.1, -0.05) is 0 Å². The summed E-state index contributed by atoms with van der Waals surface area (Å²) in [5.41, 5.74) is 1.45. The predicted molar refractivity (Wildman–Crippen MR) is 129 cm³/mol. The van der Waals surface area contributed by atoms with E-state index < -0.39 is 30.1 Å². The molecule has 2 amide bonds. The lowest BCUT2D eigenvalue weighted by molar-refractivity contribution is -0.141. The molecule has 1 heterocycles. The molecule has 0 bridgehead atoms. The summed E-state index contributed by atoms with van der Waals surface area (Å²) in [7, 11) is 2.88. The molecule has 0 saturated heterocycles. The molecule has 0 spiro atoms. The summed E-state index contributed by atoms with van der Waals surface area (Å²) in [4.78, 5) is 27.7. The fraction of sp³-hybridized carbons (Fsp3) is 0.600. The molecule has 1 aliphatic heterocycles. The van der Waals surface area contributed by atoms with Gasteiger partial charge in [0.15, 0.2) is 11.5 Å². The van der Waals surface area contributed by atoms with E-state index in [2.05, 4.69) is 5.32 Å². The van der Waals surface area contributed by atoms with E-state index in [4.69, 9.17) is 18.9 Å². The lowest BCUT2D eigenvalue weighted by atomic mass is 9.77. The molecule has 0 radical (unpaired) electrons. The number of nitrogens with one attached hydrogen (secondary N) is 1. The van der Waals surface area contributed by atoms with Gasteiger partial charge in [-0.15, -0.1) is 0 Å². The Balaban J connectivity index is 2.06. The Bertz CT molecular complexity index is 952. The van der Waals surface area contributed by atoms with Crippen molar-refractivity contribution in [2.75, 3.05) is 53.7 Å². The average molecular weight is 509 g/mol. The fourth-order valence-electron chi connectivity index (χ4n) is 4.75. The maximum Gasteiger partial charge on any atom is 0.249 e. The van der Waals surface area contributed by atoms with Crippen LogP contribution in [0.5, 0.6) is 11.5 Å². The zero-order chi connectivity index (χ0) is 26.2. The maximum atomic E-state index is 13.2. The van der Waals surface area contributed by atoms with Crippen LogP contribution in [0.15, 0.2) is 23.8 Å². The van der Waals surface area contributed by atoms with E-state index in [0.29, 0.717) is 47.8 Å². The van der Waals surface area contributed by atoms with E-state index in [1.807, 2.05) is 6.92 Å². The summed E-state index contributed by atoms with van der Waals surface area (Å²) in [5, 5.41) is 33.1. The van der Waals surface area contributed by atoms with Gasteiger partial charge in [0.1, 0.15) is 18.8 Å². The minimum atomic E-state index is -1.17. The molecule has 4 N–H and O–H groups in total. The Kier molecular flexibility index (Phi) is 10.1. The van der Waals surface area contributed by atoms with Gasteiger partial charge in [-0.3, -0.25) is 9.59 Å². The Hall–Kier alpha value is -2.70. The van der Waals surface area contributed by atoms with Crippen LogP contribution in [-0.4, -0.2) is 104 Å². The summed E-state index contributed by atoms with van der Waals surface area (Å²) in [6, 6.07) is 2.48. The molecule has 11 heteroatoms. The van der Waals surface area contributed by atoms with Crippen molar-refractivity contribution < 1.29 is 43.9 Å². The highest BCUT2D eigenvalue weighted by Gasteiger charge is 2.51. The SMILES string of the molecule is CCOCCCN(C(=O)COC)[C@@H]1C=C(C(=O)NCCO)[C@@H]2c3cc(CO)cc(OC)c3O[C@@H]2[C@H]1O. The van der Waals surface area contributed by atoms with Crippen molar-refractivity contribution in [3.05, 3.63) is 34.9 Å². The van der Waals surface area contributed by atoms with E-state index in [9.17, 15) is 24.9 Å². The van der Waals surface area contributed by atoms with Crippen molar-refractivity contribution in [1.82, 2.24) is 10.2 Å². The van der Waals surface area contributed by atoms with Gasteiger partial charge in [-0.2, -0.15) is 0 Å². The monoisotopic (exact) mass is 508 g/mol. The van der Waals surface area contributed by atoms with Gasteiger partial charge in [0.2, 0.25) is 11.8 Å². The molecule has 2 aliphatic rings. The number of benzene rings is 1. The van der Waals surface area contributed by atoms with E-state index in [0.717, 1.165) is 0 Å². The van der Waals surface area contributed by atoms with Crippen LogP contribution in [0.4, 0.5) is 0 Å². The number of aliphatic hydroxyl groups is 3. The summed E-state index contributed by atoms with van der Waals surface area (Å²) >= 11 is 0. The second kappa shape index (κ2) is 13.0. The number of nitrogens with zero attached hydrogens (tertiary/aromatic N) is 1. The highest BCUT2D eigenvalue weighted by Crippen LogP contribution is 2.51. The van der Waals surface area contributed by atoms with Crippen molar-refractivity contribution in [1.29, 1.82) is 0 Å². The first-order valence-corrected chi connectivity index (χ1v) is 12.0. The van der Waals surface area contributed by atoms with Crippen LogP contribution in [-0.2, 0) is 25.7 Å². The van der Waals surface area contributed by atoms with Crippen molar-refractivity contribution in [3.63, 3.8) is 0 Å². The van der Waals surface area contributed by atoms with Crippen LogP contribution < -0.4 is 14.8 Å².